The van der Waals surface area contributed by atoms with E-state index in [1.807, 2.05) is 0 Å². The molecule has 1 saturated carbocycles. The number of hydrogen-bond donors (Lipinski definition) is 3. The van der Waals surface area contributed by atoms with Crippen molar-refractivity contribution in [1.29, 1.82) is 0 Å². The third kappa shape index (κ3) is 5.56. The summed E-state index contributed by atoms with van der Waals surface area (Å²) < 4.78 is 0. The topological polar surface area (TPSA) is 95.5 Å². The number of anilines is 2. The Kier molecular flexibility index (Phi) is 7.26. The Balaban J connectivity index is 1.73. The summed E-state index contributed by atoms with van der Waals surface area (Å²) in [5.74, 6) is -4.65. The van der Waals surface area contributed by atoms with E-state index in [2.05, 4.69) is 10.6 Å². The number of hydrogen-bond acceptors (Lipinski definition) is 4. The molecule has 0 unspecified atom stereocenters. The van der Waals surface area contributed by atoms with Crippen molar-refractivity contribution < 1.29 is 19.5 Å². The fourth-order valence-electron chi connectivity index (χ4n) is 4.67. The summed E-state index contributed by atoms with van der Waals surface area (Å²) in [5.41, 5.74) is -0.113. The Morgan fingerprint density at radius 3 is 1.83 bits per heavy atom. The molecule has 0 spiro atoms. The highest BCUT2D eigenvalue weighted by molar-refractivity contribution is 6.31. The van der Waals surface area contributed by atoms with E-state index in [4.69, 9.17) is 23.2 Å². The fraction of sp³-hybridized carbons (Fsp3) is 0.222. The average Bonchev–Trinajstić information content (AvgIpc) is 2.81. The highest BCUT2D eigenvalue weighted by Crippen LogP contribution is 2.46. The molecule has 1 aliphatic rings. The quantitative estimate of drug-likeness (QED) is 0.405. The number of nitrogens with one attached hydrogen (secondary N) is 2. The van der Waals surface area contributed by atoms with Crippen LogP contribution in [0.3, 0.4) is 0 Å². The predicted molar refractivity (Wildman–Crippen MR) is 137 cm³/mol. The molecule has 0 bridgehead atoms. The molecular weight excluding hydrogens is 487 g/mol. The Bertz CT molecular complexity index is 1230. The first kappa shape index (κ1) is 24.9. The molecule has 1 fully saturated rings. The maximum Gasteiger partial charge on any atom is 0.235 e. The second-order valence-electron chi connectivity index (χ2n) is 8.88. The molecule has 3 aromatic rings. The molecule has 3 aromatic carbocycles. The molecule has 2 amide bonds. The molecule has 4 atom stereocenters. The molecule has 0 aliphatic heterocycles. The third-order valence-corrected chi connectivity index (χ3v) is 6.74. The summed E-state index contributed by atoms with van der Waals surface area (Å²) in [7, 11) is 0. The standard InChI is InChI=1S/C27H24Cl2N2O4/c1-27(35)15-21(32)23(25(33)30-19-11-7-17(28)8-12-19)22(16-5-3-2-4-6-16)24(27)26(34)31-20-13-9-18(29)10-14-20/h2-14,22-24,35H,15H2,1H3,(H,30,33)(H,31,34)/t22-,23+,24+,27-/m0/s1. The molecule has 0 aromatic heterocycles. The summed E-state index contributed by atoms with van der Waals surface area (Å²) in [5, 5.41) is 17.9. The van der Waals surface area contributed by atoms with Gasteiger partial charge in [0.15, 0.2) is 0 Å². The summed E-state index contributed by atoms with van der Waals surface area (Å²) >= 11 is 11.9. The van der Waals surface area contributed by atoms with Crippen LogP contribution in [0.2, 0.25) is 10.0 Å². The average molecular weight is 511 g/mol. The van der Waals surface area contributed by atoms with Crippen LogP contribution in [0.15, 0.2) is 78.9 Å². The van der Waals surface area contributed by atoms with E-state index < -0.39 is 41.0 Å². The van der Waals surface area contributed by atoms with Gasteiger partial charge in [-0.3, -0.25) is 14.4 Å². The fourth-order valence-corrected chi connectivity index (χ4v) is 4.93. The molecule has 4 rings (SSSR count). The van der Waals surface area contributed by atoms with Crippen molar-refractivity contribution in [3.05, 3.63) is 94.5 Å². The molecule has 180 valence electrons. The van der Waals surface area contributed by atoms with Gasteiger partial charge in [-0.1, -0.05) is 53.5 Å². The SMILES string of the molecule is C[C@]1(O)CC(=O)[C@@H](C(=O)Nc2ccc(Cl)cc2)[C@H](c2ccccc2)[C@@H]1C(=O)Nc1ccc(Cl)cc1. The van der Waals surface area contributed by atoms with Crippen molar-refractivity contribution in [2.24, 2.45) is 11.8 Å². The molecule has 0 heterocycles. The summed E-state index contributed by atoms with van der Waals surface area (Å²) in [4.78, 5) is 40.2. The lowest BCUT2D eigenvalue weighted by atomic mass is 9.61. The number of halogens is 2. The van der Waals surface area contributed by atoms with Crippen LogP contribution in [-0.2, 0) is 14.4 Å². The molecule has 35 heavy (non-hydrogen) atoms. The summed E-state index contributed by atoms with van der Waals surface area (Å²) in [6.45, 7) is 1.46. The molecule has 8 heteroatoms. The molecule has 0 radical (unpaired) electrons. The third-order valence-electron chi connectivity index (χ3n) is 6.24. The Labute approximate surface area is 213 Å². The van der Waals surface area contributed by atoms with E-state index in [-0.39, 0.29) is 6.42 Å². The zero-order valence-electron chi connectivity index (χ0n) is 18.9. The molecule has 6 nitrogen and oxygen atoms in total. The van der Waals surface area contributed by atoms with Gasteiger partial charge in [0.1, 0.15) is 11.7 Å². The van der Waals surface area contributed by atoms with E-state index in [0.29, 0.717) is 27.0 Å². The van der Waals surface area contributed by atoms with Crippen molar-refractivity contribution in [1.82, 2.24) is 0 Å². The number of Topliss-reactive ketones (excluding diaryl/α,β-unsaturated/α-hetero) is 1. The van der Waals surface area contributed by atoms with Crippen LogP contribution in [0.5, 0.6) is 0 Å². The number of carbonyl (C=O) groups is 3. The van der Waals surface area contributed by atoms with Crippen molar-refractivity contribution in [3.8, 4) is 0 Å². The lowest BCUT2D eigenvalue weighted by Crippen LogP contribution is -2.56. The molecule has 0 saturated heterocycles. The smallest absolute Gasteiger partial charge is 0.235 e. The second kappa shape index (κ2) is 10.2. The Hall–Kier alpha value is -3.19. The summed E-state index contributed by atoms with van der Waals surface area (Å²) in [6, 6.07) is 21.9. The Morgan fingerprint density at radius 2 is 1.31 bits per heavy atom. The minimum absolute atomic E-state index is 0.340. The minimum Gasteiger partial charge on any atom is -0.389 e. The van der Waals surface area contributed by atoms with E-state index >= 15 is 0 Å². The molecular formula is C27H24Cl2N2O4. The van der Waals surface area contributed by atoms with Gasteiger partial charge in [-0.2, -0.15) is 0 Å². The van der Waals surface area contributed by atoms with Crippen LogP contribution >= 0.6 is 23.2 Å². The lowest BCUT2D eigenvalue weighted by molar-refractivity contribution is -0.150. The molecule has 3 N–H and O–H groups in total. The van der Waals surface area contributed by atoms with Gasteiger partial charge >= 0.3 is 0 Å². The monoisotopic (exact) mass is 510 g/mol. The number of rotatable bonds is 5. The number of carbonyl (C=O) groups excluding carboxylic acids is 3. The maximum absolute atomic E-state index is 13.6. The van der Waals surface area contributed by atoms with Crippen LogP contribution in [0.25, 0.3) is 0 Å². The van der Waals surface area contributed by atoms with Crippen LogP contribution in [0.4, 0.5) is 11.4 Å². The van der Waals surface area contributed by atoms with Gasteiger partial charge in [0, 0.05) is 33.8 Å². The first-order valence-corrected chi connectivity index (χ1v) is 11.8. The van der Waals surface area contributed by atoms with Gasteiger partial charge in [0.05, 0.1) is 11.5 Å². The van der Waals surface area contributed by atoms with E-state index in [9.17, 15) is 19.5 Å². The van der Waals surface area contributed by atoms with Crippen LogP contribution in [0.1, 0.15) is 24.8 Å². The second-order valence-corrected chi connectivity index (χ2v) is 9.76. The predicted octanol–water partition coefficient (Wildman–Crippen LogP) is 5.31. The lowest BCUT2D eigenvalue weighted by Gasteiger charge is -2.44. The number of ketones is 1. The normalized spacial score (nSPS) is 24.0. The van der Waals surface area contributed by atoms with Gasteiger partial charge in [-0.15, -0.1) is 0 Å². The van der Waals surface area contributed by atoms with Gasteiger partial charge in [0.2, 0.25) is 11.8 Å². The highest BCUT2D eigenvalue weighted by atomic mass is 35.5. The van der Waals surface area contributed by atoms with Gasteiger partial charge in [-0.05, 0) is 61.0 Å². The van der Waals surface area contributed by atoms with Crippen molar-refractivity contribution >= 4 is 52.2 Å². The Morgan fingerprint density at radius 1 is 0.829 bits per heavy atom. The maximum atomic E-state index is 13.6. The number of benzene rings is 3. The van der Waals surface area contributed by atoms with Crippen LogP contribution in [-0.4, -0.2) is 28.3 Å². The zero-order chi connectivity index (χ0) is 25.2. The first-order valence-electron chi connectivity index (χ1n) is 11.1. The van der Waals surface area contributed by atoms with Crippen molar-refractivity contribution in [2.45, 2.75) is 24.9 Å². The largest absolute Gasteiger partial charge is 0.389 e. The zero-order valence-corrected chi connectivity index (χ0v) is 20.4. The highest BCUT2D eigenvalue weighted by Gasteiger charge is 2.55. The van der Waals surface area contributed by atoms with Crippen LogP contribution < -0.4 is 10.6 Å². The minimum atomic E-state index is -1.68. The van der Waals surface area contributed by atoms with Crippen molar-refractivity contribution in [3.63, 3.8) is 0 Å². The number of aliphatic hydroxyl groups is 1. The van der Waals surface area contributed by atoms with E-state index in [0.717, 1.165) is 0 Å². The van der Waals surface area contributed by atoms with E-state index in [1.54, 1.807) is 78.9 Å². The van der Waals surface area contributed by atoms with E-state index in [1.165, 1.54) is 6.92 Å². The number of amides is 2. The van der Waals surface area contributed by atoms with Crippen molar-refractivity contribution in [2.75, 3.05) is 10.6 Å². The molecule has 1 aliphatic carbocycles. The summed E-state index contributed by atoms with van der Waals surface area (Å²) in [6.07, 6.45) is -0.340. The van der Waals surface area contributed by atoms with Gasteiger partial charge in [0.25, 0.3) is 0 Å². The first-order chi connectivity index (χ1) is 16.7. The van der Waals surface area contributed by atoms with Gasteiger partial charge < -0.3 is 15.7 Å². The van der Waals surface area contributed by atoms with Crippen LogP contribution in [0, 0.1) is 11.8 Å². The van der Waals surface area contributed by atoms with Gasteiger partial charge in [-0.25, -0.2) is 0 Å².